The third-order valence-electron chi connectivity index (χ3n) is 3.36. The van der Waals surface area contributed by atoms with Crippen molar-refractivity contribution in [3.05, 3.63) is 57.0 Å². The van der Waals surface area contributed by atoms with Gasteiger partial charge in [-0.15, -0.1) is 0 Å². The zero-order chi connectivity index (χ0) is 16.8. The first-order chi connectivity index (χ1) is 11.0. The summed E-state index contributed by atoms with van der Waals surface area (Å²) in [6.07, 6.45) is 0.810. The second kappa shape index (κ2) is 8.52. The van der Waals surface area contributed by atoms with Gasteiger partial charge in [0, 0.05) is 21.7 Å². The first-order valence-electron chi connectivity index (χ1n) is 7.13. The molecule has 0 aromatic heterocycles. The van der Waals surface area contributed by atoms with Crippen molar-refractivity contribution in [1.82, 2.24) is 5.32 Å². The van der Waals surface area contributed by atoms with Crippen LogP contribution in [0.5, 0.6) is 5.75 Å². The molecule has 6 heteroatoms. The number of halogens is 2. The Morgan fingerprint density at radius 2 is 2.04 bits per heavy atom. The Morgan fingerprint density at radius 1 is 1.26 bits per heavy atom. The van der Waals surface area contributed by atoms with Crippen molar-refractivity contribution in [1.29, 1.82) is 0 Å². The molecule has 0 aliphatic heterocycles. The number of benzene rings is 2. The monoisotopic (exact) mass is 412 g/mol. The highest BCUT2D eigenvalue weighted by Gasteiger charge is 2.05. The molecular formula is C17H18BrClN2OS. The molecule has 23 heavy (non-hydrogen) atoms. The van der Waals surface area contributed by atoms with Crippen molar-refractivity contribution in [2.45, 2.75) is 13.3 Å². The van der Waals surface area contributed by atoms with Crippen LogP contribution in [0.15, 0.2) is 40.9 Å². The number of aryl methyl sites for hydroxylation is 1. The van der Waals surface area contributed by atoms with Gasteiger partial charge < -0.3 is 15.4 Å². The number of rotatable bonds is 5. The van der Waals surface area contributed by atoms with Crippen LogP contribution in [0.25, 0.3) is 0 Å². The third-order valence-corrected chi connectivity index (χ3v) is 4.33. The first-order valence-corrected chi connectivity index (χ1v) is 8.71. The van der Waals surface area contributed by atoms with Crippen molar-refractivity contribution in [3.63, 3.8) is 0 Å². The Kier molecular flexibility index (Phi) is 6.69. The van der Waals surface area contributed by atoms with Gasteiger partial charge in [-0.05, 0) is 73.1 Å². The molecule has 0 radical (unpaired) electrons. The maximum Gasteiger partial charge on any atom is 0.170 e. The third kappa shape index (κ3) is 5.37. The number of hydrogen-bond acceptors (Lipinski definition) is 2. The van der Waals surface area contributed by atoms with Gasteiger partial charge in [0.05, 0.1) is 7.11 Å². The van der Waals surface area contributed by atoms with Gasteiger partial charge in [-0.2, -0.15) is 0 Å². The molecule has 3 nitrogen and oxygen atoms in total. The minimum Gasteiger partial charge on any atom is -0.496 e. The van der Waals surface area contributed by atoms with Gasteiger partial charge in [0.2, 0.25) is 0 Å². The largest absolute Gasteiger partial charge is 0.496 e. The van der Waals surface area contributed by atoms with Crippen LogP contribution >= 0.6 is 39.7 Å². The van der Waals surface area contributed by atoms with Crippen LogP contribution in [-0.2, 0) is 6.42 Å². The van der Waals surface area contributed by atoms with E-state index >= 15 is 0 Å². The van der Waals surface area contributed by atoms with E-state index < -0.39 is 0 Å². The highest BCUT2D eigenvalue weighted by atomic mass is 79.9. The predicted octanol–water partition coefficient (Wildman–Crippen LogP) is 4.95. The van der Waals surface area contributed by atoms with Crippen molar-refractivity contribution >= 4 is 50.5 Å². The van der Waals surface area contributed by atoms with E-state index in [-0.39, 0.29) is 0 Å². The molecule has 2 N–H and O–H groups in total. The number of methoxy groups -OCH3 is 1. The lowest BCUT2D eigenvalue weighted by Crippen LogP contribution is -2.30. The van der Waals surface area contributed by atoms with Crippen LogP contribution in [-0.4, -0.2) is 18.8 Å². The molecule has 0 aliphatic rings. The van der Waals surface area contributed by atoms with Gasteiger partial charge in [-0.3, -0.25) is 0 Å². The van der Waals surface area contributed by atoms with Crippen LogP contribution in [0, 0.1) is 6.92 Å². The molecule has 0 heterocycles. The Bertz CT molecular complexity index is 709. The van der Waals surface area contributed by atoms with Crippen molar-refractivity contribution in [3.8, 4) is 5.75 Å². The fraction of sp³-hybridized carbons (Fsp3) is 0.235. The van der Waals surface area contributed by atoms with E-state index in [9.17, 15) is 0 Å². The molecule has 0 aliphatic carbocycles. The van der Waals surface area contributed by atoms with Crippen molar-refractivity contribution < 1.29 is 4.74 Å². The van der Waals surface area contributed by atoms with Gasteiger partial charge in [-0.25, -0.2) is 0 Å². The first kappa shape index (κ1) is 18.0. The van der Waals surface area contributed by atoms with Gasteiger partial charge in [0.15, 0.2) is 5.11 Å². The van der Waals surface area contributed by atoms with Gasteiger partial charge in [0.25, 0.3) is 0 Å². The maximum atomic E-state index is 5.95. The van der Waals surface area contributed by atoms with Crippen molar-refractivity contribution in [2.24, 2.45) is 0 Å². The fourth-order valence-electron chi connectivity index (χ4n) is 2.19. The lowest BCUT2D eigenvalue weighted by atomic mass is 10.1. The Hall–Kier alpha value is -1.30. The maximum absolute atomic E-state index is 5.95. The van der Waals surface area contributed by atoms with E-state index in [0.29, 0.717) is 16.7 Å². The predicted molar refractivity (Wildman–Crippen MR) is 105 cm³/mol. The lowest BCUT2D eigenvalue weighted by molar-refractivity contribution is 0.409. The van der Waals surface area contributed by atoms with E-state index in [1.165, 1.54) is 0 Å². The zero-order valence-electron chi connectivity index (χ0n) is 13.0. The smallest absolute Gasteiger partial charge is 0.170 e. The van der Waals surface area contributed by atoms with Gasteiger partial charge in [0.1, 0.15) is 5.75 Å². The fourth-order valence-corrected chi connectivity index (χ4v) is 3.03. The second-order valence-corrected chi connectivity index (χ2v) is 6.81. The minimum atomic E-state index is 0.587. The summed E-state index contributed by atoms with van der Waals surface area (Å²) in [6, 6.07) is 11.6. The van der Waals surface area contributed by atoms with E-state index in [2.05, 4.69) is 32.6 Å². The highest BCUT2D eigenvalue weighted by Crippen LogP contribution is 2.23. The summed E-state index contributed by atoms with van der Waals surface area (Å²) in [5.74, 6) is 0.877. The molecular weight excluding hydrogens is 396 g/mol. The molecule has 2 rings (SSSR count). The topological polar surface area (TPSA) is 33.3 Å². The van der Waals surface area contributed by atoms with Crippen LogP contribution < -0.4 is 15.4 Å². The molecule has 2 aromatic carbocycles. The lowest BCUT2D eigenvalue weighted by Gasteiger charge is -2.14. The van der Waals surface area contributed by atoms with Gasteiger partial charge >= 0.3 is 0 Å². The molecule has 0 spiro atoms. The molecule has 122 valence electrons. The molecule has 0 bridgehead atoms. The summed E-state index contributed by atoms with van der Waals surface area (Å²) in [7, 11) is 1.68. The average molecular weight is 414 g/mol. The molecule has 0 saturated heterocycles. The normalized spacial score (nSPS) is 10.3. The minimum absolute atomic E-state index is 0.587. The molecule has 0 saturated carbocycles. The molecule has 2 aromatic rings. The van der Waals surface area contributed by atoms with E-state index in [0.717, 1.165) is 33.5 Å². The van der Waals surface area contributed by atoms with Crippen LogP contribution in [0.1, 0.15) is 11.1 Å². The molecule has 0 unspecified atom stereocenters. The van der Waals surface area contributed by atoms with E-state index in [4.69, 9.17) is 28.6 Å². The second-order valence-electron chi connectivity index (χ2n) is 5.05. The van der Waals surface area contributed by atoms with Crippen LogP contribution in [0.3, 0.4) is 0 Å². The summed E-state index contributed by atoms with van der Waals surface area (Å²) >= 11 is 14.8. The number of anilines is 1. The number of ether oxygens (including phenoxy) is 1. The highest BCUT2D eigenvalue weighted by molar-refractivity contribution is 9.10. The van der Waals surface area contributed by atoms with Crippen LogP contribution in [0.4, 0.5) is 5.69 Å². The SMILES string of the molecule is COc1ccc(Br)cc1CCNC(=S)Nc1ccc(Cl)cc1C. The number of thiocarbonyl (C=S) groups is 1. The Balaban J connectivity index is 1.89. The van der Waals surface area contributed by atoms with E-state index in [1.54, 1.807) is 7.11 Å². The standard InChI is InChI=1S/C17H18BrClN2OS/c1-11-9-14(19)4-5-15(11)21-17(23)20-8-7-12-10-13(18)3-6-16(12)22-2/h3-6,9-10H,7-8H2,1-2H3,(H2,20,21,23). The molecule has 0 atom stereocenters. The molecule has 0 fully saturated rings. The van der Waals surface area contributed by atoms with Crippen molar-refractivity contribution in [2.75, 3.05) is 19.0 Å². The van der Waals surface area contributed by atoms with Gasteiger partial charge in [-0.1, -0.05) is 27.5 Å². The summed E-state index contributed by atoms with van der Waals surface area (Å²) in [5.41, 5.74) is 3.13. The average Bonchev–Trinajstić information content (AvgIpc) is 2.50. The summed E-state index contributed by atoms with van der Waals surface area (Å²) in [6.45, 7) is 2.70. The Morgan fingerprint density at radius 3 is 2.74 bits per heavy atom. The molecule has 0 amide bonds. The number of hydrogen-bond donors (Lipinski definition) is 2. The number of nitrogens with one attached hydrogen (secondary N) is 2. The van der Waals surface area contributed by atoms with E-state index in [1.807, 2.05) is 37.3 Å². The summed E-state index contributed by atoms with van der Waals surface area (Å²) < 4.78 is 6.40. The summed E-state index contributed by atoms with van der Waals surface area (Å²) in [4.78, 5) is 0. The zero-order valence-corrected chi connectivity index (χ0v) is 16.1. The Labute approximate surface area is 155 Å². The van der Waals surface area contributed by atoms with Crippen LogP contribution in [0.2, 0.25) is 5.02 Å². The quantitative estimate of drug-likeness (QED) is 0.680. The summed E-state index contributed by atoms with van der Waals surface area (Å²) in [5, 5.41) is 7.70.